The van der Waals surface area contributed by atoms with Crippen LogP contribution < -0.4 is 5.32 Å². The number of anilines is 1. The van der Waals surface area contributed by atoms with Crippen LogP contribution >= 0.6 is 0 Å². The number of aromatic nitrogens is 3. The highest BCUT2D eigenvalue weighted by molar-refractivity contribution is 6.03. The first-order valence-electron chi connectivity index (χ1n) is 4.97. The summed E-state index contributed by atoms with van der Waals surface area (Å²) in [4.78, 5) is 25.0. The Hall–Kier alpha value is -2.97. The van der Waals surface area contributed by atoms with Gasteiger partial charge in [0.05, 0.1) is 17.3 Å². The van der Waals surface area contributed by atoms with E-state index in [0.29, 0.717) is 0 Å². The molecule has 0 bridgehead atoms. The van der Waals surface area contributed by atoms with Crippen molar-refractivity contribution in [2.24, 2.45) is 0 Å². The Labute approximate surface area is 105 Å². The number of hydrogen-bond acceptors (Lipinski definition) is 6. The van der Waals surface area contributed by atoms with Crippen LogP contribution in [0.1, 0.15) is 10.4 Å². The van der Waals surface area contributed by atoms with E-state index in [9.17, 15) is 19.3 Å². The molecule has 0 fully saturated rings. The largest absolute Gasteiger partial charge is 0.304 e. The lowest BCUT2D eigenvalue weighted by molar-refractivity contribution is -0.387. The summed E-state index contributed by atoms with van der Waals surface area (Å²) in [6, 6.07) is 2.81. The van der Waals surface area contributed by atoms with Crippen LogP contribution in [-0.2, 0) is 0 Å². The van der Waals surface area contributed by atoms with Crippen LogP contribution in [0.3, 0.4) is 0 Å². The van der Waals surface area contributed by atoms with E-state index in [1.807, 2.05) is 0 Å². The van der Waals surface area contributed by atoms with E-state index in [4.69, 9.17) is 0 Å². The van der Waals surface area contributed by atoms with Gasteiger partial charge in [-0.05, 0) is 12.1 Å². The van der Waals surface area contributed by atoms with E-state index in [-0.39, 0.29) is 11.5 Å². The van der Waals surface area contributed by atoms with Crippen LogP contribution in [0.4, 0.5) is 16.0 Å². The third-order valence-corrected chi connectivity index (χ3v) is 2.11. The van der Waals surface area contributed by atoms with Crippen molar-refractivity contribution in [3.63, 3.8) is 0 Å². The number of nitro groups is 1. The number of amides is 1. The SMILES string of the molecule is O=C(Nc1nccnn1)c1ccc([N+](=O)[O-])c(F)c1. The second-order valence-corrected chi connectivity index (χ2v) is 3.34. The summed E-state index contributed by atoms with van der Waals surface area (Å²) in [5.74, 6) is -1.84. The molecule has 8 nitrogen and oxygen atoms in total. The molecule has 9 heteroatoms. The third-order valence-electron chi connectivity index (χ3n) is 2.11. The number of carbonyl (C=O) groups is 1. The molecular weight excluding hydrogens is 257 g/mol. The molecule has 0 saturated heterocycles. The van der Waals surface area contributed by atoms with Crippen molar-refractivity contribution >= 4 is 17.5 Å². The first-order valence-corrected chi connectivity index (χ1v) is 4.97. The first-order chi connectivity index (χ1) is 9.08. The van der Waals surface area contributed by atoms with Gasteiger partial charge in [0.25, 0.3) is 5.91 Å². The molecule has 0 atom stereocenters. The summed E-state index contributed by atoms with van der Waals surface area (Å²) in [5, 5.41) is 19.7. The number of nitrogens with one attached hydrogen (secondary N) is 1. The molecule has 0 aliphatic rings. The Morgan fingerprint density at radius 3 is 2.74 bits per heavy atom. The van der Waals surface area contributed by atoms with E-state index in [1.165, 1.54) is 12.4 Å². The van der Waals surface area contributed by atoms with Crippen LogP contribution in [0, 0.1) is 15.9 Å². The van der Waals surface area contributed by atoms with Gasteiger partial charge in [-0.3, -0.25) is 20.2 Å². The van der Waals surface area contributed by atoms with Crippen molar-refractivity contribution in [3.8, 4) is 0 Å². The van der Waals surface area contributed by atoms with Gasteiger partial charge in [0.1, 0.15) is 0 Å². The van der Waals surface area contributed by atoms with Crippen molar-refractivity contribution in [1.29, 1.82) is 0 Å². The Kier molecular flexibility index (Phi) is 3.37. The van der Waals surface area contributed by atoms with Gasteiger partial charge < -0.3 is 0 Å². The maximum absolute atomic E-state index is 13.3. The molecule has 0 radical (unpaired) electrons. The lowest BCUT2D eigenvalue weighted by Crippen LogP contribution is -2.14. The number of hydrogen-bond donors (Lipinski definition) is 1. The van der Waals surface area contributed by atoms with Gasteiger partial charge in [0, 0.05) is 11.6 Å². The van der Waals surface area contributed by atoms with Crippen molar-refractivity contribution < 1.29 is 14.1 Å². The molecule has 0 aliphatic heterocycles. The Morgan fingerprint density at radius 1 is 1.37 bits per heavy atom. The van der Waals surface area contributed by atoms with Gasteiger partial charge in [-0.15, -0.1) is 5.10 Å². The number of nitrogens with zero attached hydrogens (tertiary/aromatic N) is 4. The van der Waals surface area contributed by atoms with Gasteiger partial charge in [0.15, 0.2) is 0 Å². The fourth-order valence-corrected chi connectivity index (χ4v) is 1.27. The van der Waals surface area contributed by atoms with E-state index in [2.05, 4.69) is 20.5 Å². The van der Waals surface area contributed by atoms with E-state index in [0.717, 1.165) is 18.2 Å². The summed E-state index contributed by atoms with van der Waals surface area (Å²) in [7, 11) is 0. The van der Waals surface area contributed by atoms with Crippen LogP contribution in [0.15, 0.2) is 30.6 Å². The second kappa shape index (κ2) is 5.12. The molecule has 1 amide bonds. The van der Waals surface area contributed by atoms with Gasteiger partial charge in [-0.1, -0.05) is 0 Å². The third kappa shape index (κ3) is 2.83. The van der Waals surface area contributed by atoms with Crippen molar-refractivity contribution in [2.75, 3.05) is 5.32 Å². The minimum Gasteiger partial charge on any atom is -0.289 e. The monoisotopic (exact) mass is 263 g/mol. The second-order valence-electron chi connectivity index (χ2n) is 3.34. The maximum atomic E-state index is 13.3. The van der Waals surface area contributed by atoms with Crippen LogP contribution in [0.25, 0.3) is 0 Å². The first kappa shape index (κ1) is 12.5. The summed E-state index contributed by atoms with van der Waals surface area (Å²) >= 11 is 0. The zero-order valence-electron chi connectivity index (χ0n) is 9.28. The zero-order valence-corrected chi connectivity index (χ0v) is 9.28. The fourth-order valence-electron chi connectivity index (χ4n) is 1.27. The number of rotatable bonds is 3. The predicted octanol–water partition coefficient (Wildman–Crippen LogP) is 1.17. The topological polar surface area (TPSA) is 111 Å². The maximum Gasteiger partial charge on any atom is 0.304 e. The smallest absolute Gasteiger partial charge is 0.289 e. The number of halogens is 1. The molecular formula is C10H6FN5O3. The molecule has 1 heterocycles. The lowest BCUT2D eigenvalue weighted by atomic mass is 10.2. The molecule has 0 unspecified atom stereocenters. The average Bonchev–Trinajstić information content (AvgIpc) is 2.39. The molecule has 1 aromatic heterocycles. The fraction of sp³-hybridized carbons (Fsp3) is 0. The van der Waals surface area contributed by atoms with E-state index < -0.39 is 22.3 Å². The summed E-state index contributed by atoms with van der Waals surface area (Å²) in [6.07, 6.45) is 2.64. The molecule has 0 spiro atoms. The molecule has 96 valence electrons. The molecule has 0 saturated carbocycles. The Morgan fingerprint density at radius 2 is 2.16 bits per heavy atom. The van der Waals surface area contributed by atoms with Crippen molar-refractivity contribution in [3.05, 3.63) is 52.1 Å². The summed E-state index contributed by atoms with van der Waals surface area (Å²) in [5.41, 5.74) is -0.787. The van der Waals surface area contributed by atoms with E-state index in [1.54, 1.807) is 0 Å². The van der Waals surface area contributed by atoms with Gasteiger partial charge in [0.2, 0.25) is 11.8 Å². The molecule has 2 aromatic rings. The number of nitro benzene ring substituents is 1. The minimum atomic E-state index is -1.09. The van der Waals surface area contributed by atoms with Crippen molar-refractivity contribution in [2.45, 2.75) is 0 Å². The highest BCUT2D eigenvalue weighted by Crippen LogP contribution is 2.18. The Bertz CT molecular complexity index is 634. The molecule has 0 aliphatic carbocycles. The Balaban J connectivity index is 2.21. The number of benzene rings is 1. The number of carbonyl (C=O) groups excluding carboxylic acids is 1. The average molecular weight is 263 g/mol. The van der Waals surface area contributed by atoms with E-state index >= 15 is 0 Å². The lowest BCUT2D eigenvalue weighted by Gasteiger charge is -2.02. The van der Waals surface area contributed by atoms with Gasteiger partial charge in [-0.2, -0.15) is 9.49 Å². The minimum absolute atomic E-state index is 0.0498. The van der Waals surface area contributed by atoms with Crippen LogP contribution in [0.2, 0.25) is 0 Å². The van der Waals surface area contributed by atoms with Gasteiger partial charge in [-0.25, -0.2) is 4.98 Å². The quantitative estimate of drug-likeness (QED) is 0.657. The highest BCUT2D eigenvalue weighted by Gasteiger charge is 2.17. The molecule has 1 N–H and O–H groups in total. The molecule has 1 aromatic carbocycles. The highest BCUT2D eigenvalue weighted by atomic mass is 19.1. The molecule has 19 heavy (non-hydrogen) atoms. The van der Waals surface area contributed by atoms with Gasteiger partial charge >= 0.3 is 5.69 Å². The molecule has 2 rings (SSSR count). The van der Waals surface area contributed by atoms with Crippen LogP contribution in [-0.4, -0.2) is 26.0 Å². The predicted molar refractivity (Wildman–Crippen MR) is 60.8 cm³/mol. The normalized spacial score (nSPS) is 9.95. The summed E-state index contributed by atoms with van der Waals surface area (Å²) in [6.45, 7) is 0. The summed E-state index contributed by atoms with van der Waals surface area (Å²) < 4.78 is 13.3. The van der Waals surface area contributed by atoms with Crippen LogP contribution in [0.5, 0.6) is 0 Å². The van der Waals surface area contributed by atoms with Crippen molar-refractivity contribution in [1.82, 2.24) is 15.2 Å². The zero-order chi connectivity index (χ0) is 13.8. The standard InChI is InChI=1S/C10H6FN5O3/c11-7-5-6(1-2-8(7)16(18)19)9(17)14-10-12-3-4-13-15-10/h1-5H,(H,12,14,15,17).